The van der Waals surface area contributed by atoms with Gasteiger partial charge in [0.05, 0.1) is 21.0 Å². The van der Waals surface area contributed by atoms with Gasteiger partial charge in [-0.15, -0.1) is 11.3 Å². The molecule has 0 aliphatic heterocycles. The van der Waals surface area contributed by atoms with Gasteiger partial charge in [-0.2, -0.15) is 5.10 Å². The van der Waals surface area contributed by atoms with E-state index in [2.05, 4.69) is 10.4 Å². The molecule has 0 radical (unpaired) electrons. The summed E-state index contributed by atoms with van der Waals surface area (Å²) in [5, 5.41) is 6.72. The second kappa shape index (κ2) is 5.05. The van der Waals surface area contributed by atoms with Crippen LogP contribution in [0.3, 0.4) is 0 Å². The molecule has 2 aromatic rings. The van der Waals surface area contributed by atoms with E-state index in [4.69, 9.17) is 29.6 Å². The van der Waals surface area contributed by atoms with Crippen LogP contribution in [-0.2, 0) is 7.05 Å². The van der Waals surface area contributed by atoms with Crippen molar-refractivity contribution in [2.45, 2.75) is 0 Å². The summed E-state index contributed by atoms with van der Waals surface area (Å²) in [4.78, 5) is 12.7. The Labute approximate surface area is 118 Å². The first-order chi connectivity index (χ1) is 8.49. The molecule has 0 fully saturated rings. The van der Waals surface area contributed by atoms with Crippen molar-refractivity contribution in [2.75, 3.05) is 5.32 Å². The number of aryl methyl sites for hydroxylation is 1. The van der Waals surface area contributed by atoms with Crippen LogP contribution >= 0.6 is 35.2 Å². The van der Waals surface area contributed by atoms with Crippen molar-refractivity contribution in [3.63, 3.8) is 0 Å². The summed E-state index contributed by atoms with van der Waals surface area (Å²) in [6.45, 7) is 0. The number of nitrogens with two attached hydrogens (primary N) is 1. The zero-order chi connectivity index (χ0) is 13.3. The van der Waals surface area contributed by atoms with Crippen molar-refractivity contribution < 1.29 is 4.79 Å². The van der Waals surface area contributed by atoms with Crippen LogP contribution in [0.25, 0.3) is 0 Å². The third-order valence-electron chi connectivity index (χ3n) is 2.23. The Bertz CT molecular complexity index is 619. The van der Waals surface area contributed by atoms with E-state index in [9.17, 15) is 4.79 Å². The maximum atomic E-state index is 12.0. The fourth-order valence-electron chi connectivity index (χ4n) is 1.37. The van der Waals surface area contributed by atoms with Crippen LogP contribution in [0.1, 0.15) is 15.2 Å². The predicted octanol–water partition coefficient (Wildman–Crippen LogP) is 2.02. The molecule has 18 heavy (non-hydrogen) atoms. The first-order valence-corrected chi connectivity index (χ1v) is 6.48. The molecule has 0 spiro atoms. The van der Waals surface area contributed by atoms with Crippen LogP contribution in [0.2, 0.25) is 4.34 Å². The Balaban J connectivity index is 2.27. The first-order valence-electron chi connectivity index (χ1n) is 4.87. The summed E-state index contributed by atoms with van der Waals surface area (Å²) >= 11 is 11.9. The van der Waals surface area contributed by atoms with Crippen molar-refractivity contribution in [1.29, 1.82) is 0 Å². The van der Waals surface area contributed by atoms with E-state index in [1.54, 1.807) is 19.2 Å². The molecule has 2 rings (SSSR count). The first kappa shape index (κ1) is 13.0. The largest absolute Gasteiger partial charge is 0.389 e. The number of hydrogen-bond acceptors (Lipinski definition) is 4. The summed E-state index contributed by atoms with van der Waals surface area (Å²) in [7, 11) is 1.69. The molecule has 0 bridgehead atoms. The molecule has 5 nitrogen and oxygen atoms in total. The SMILES string of the molecule is Cn1ncc(C(N)=S)c1NC(=O)c1ccc(Cl)s1. The summed E-state index contributed by atoms with van der Waals surface area (Å²) in [5.74, 6) is 0.199. The van der Waals surface area contributed by atoms with E-state index in [-0.39, 0.29) is 10.9 Å². The molecule has 0 aromatic carbocycles. The number of carbonyl (C=O) groups is 1. The zero-order valence-corrected chi connectivity index (χ0v) is 11.7. The molecule has 1 amide bonds. The van der Waals surface area contributed by atoms with Crippen LogP contribution in [0.15, 0.2) is 18.3 Å². The van der Waals surface area contributed by atoms with E-state index in [1.807, 2.05) is 0 Å². The van der Waals surface area contributed by atoms with E-state index in [1.165, 1.54) is 22.2 Å². The Hall–Kier alpha value is -1.44. The Morgan fingerprint density at radius 3 is 2.89 bits per heavy atom. The lowest BCUT2D eigenvalue weighted by Gasteiger charge is -2.06. The van der Waals surface area contributed by atoms with Gasteiger partial charge in [-0.3, -0.25) is 9.48 Å². The molecule has 0 saturated heterocycles. The quantitative estimate of drug-likeness (QED) is 0.851. The van der Waals surface area contributed by atoms with Gasteiger partial charge >= 0.3 is 0 Å². The number of rotatable bonds is 3. The Morgan fingerprint density at radius 1 is 1.61 bits per heavy atom. The predicted molar refractivity (Wildman–Crippen MR) is 76.4 cm³/mol. The normalized spacial score (nSPS) is 10.3. The smallest absolute Gasteiger partial charge is 0.266 e. The van der Waals surface area contributed by atoms with Crippen LogP contribution in [0, 0.1) is 0 Å². The maximum absolute atomic E-state index is 12.0. The van der Waals surface area contributed by atoms with Gasteiger partial charge in [-0.1, -0.05) is 23.8 Å². The second-order valence-electron chi connectivity index (χ2n) is 3.45. The highest BCUT2D eigenvalue weighted by atomic mass is 35.5. The lowest BCUT2D eigenvalue weighted by molar-refractivity contribution is 0.102. The number of anilines is 1. The lowest BCUT2D eigenvalue weighted by Crippen LogP contribution is -2.18. The minimum Gasteiger partial charge on any atom is -0.389 e. The average molecular weight is 301 g/mol. The summed E-state index contributed by atoms with van der Waals surface area (Å²) in [6, 6.07) is 3.32. The zero-order valence-electron chi connectivity index (χ0n) is 9.31. The molecule has 2 heterocycles. The minimum absolute atomic E-state index is 0.183. The number of hydrogen-bond donors (Lipinski definition) is 2. The summed E-state index contributed by atoms with van der Waals surface area (Å²) in [5.41, 5.74) is 6.09. The fourth-order valence-corrected chi connectivity index (χ4v) is 2.46. The number of thiocarbonyl (C=S) groups is 1. The summed E-state index contributed by atoms with van der Waals surface area (Å²) in [6.07, 6.45) is 1.51. The van der Waals surface area contributed by atoms with Gasteiger partial charge in [0, 0.05) is 7.05 Å². The van der Waals surface area contributed by atoms with Gasteiger partial charge in [-0.25, -0.2) is 0 Å². The Kier molecular flexibility index (Phi) is 3.65. The van der Waals surface area contributed by atoms with Crippen LogP contribution in [0.5, 0.6) is 0 Å². The van der Waals surface area contributed by atoms with Crippen LogP contribution < -0.4 is 11.1 Å². The van der Waals surface area contributed by atoms with Crippen molar-refractivity contribution in [2.24, 2.45) is 12.8 Å². The summed E-state index contributed by atoms with van der Waals surface area (Å²) < 4.78 is 2.06. The number of carbonyl (C=O) groups excluding carboxylic acids is 1. The standard InChI is InChI=1S/C10H9ClN4OS2/c1-15-9(5(4-13-15)8(12)17)14-10(16)6-2-3-7(11)18-6/h2-4H,1H3,(H2,12,17)(H,14,16). The highest BCUT2D eigenvalue weighted by molar-refractivity contribution is 7.80. The Morgan fingerprint density at radius 2 is 2.33 bits per heavy atom. The molecule has 0 atom stereocenters. The molecule has 0 saturated carbocycles. The number of halogens is 1. The highest BCUT2D eigenvalue weighted by Gasteiger charge is 2.16. The van der Waals surface area contributed by atoms with Gasteiger partial charge in [-0.05, 0) is 12.1 Å². The van der Waals surface area contributed by atoms with E-state index in [0.29, 0.717) is 20.6 Å². The number of nitrogens with one attached hydrogen (secondary N) is 1. The van der Waals surface area contributed by atoms with Gasteiger partial charge in [0.1, 0.15) is 10.8 Å². The van der Waals surface area contributed by atoms with Crippen molar-refractivity contribution in [3.05, 3.63) is 33.1 Å². The molecule has 8 heteroatoms. The monoisotopic (exact) mass is 300 g/mol. The van der Waals surface area contributed by atoms with E-state index < -0.39 is 0 Å². The van der Waals surface area contributed by atoms with Gasteiger partial charge in [0.25, 0.3) is 5.91 Å². The van der Waals surface area contributed by atoms with Crippen molar-refractivity contribution in [3.8, 4) is 0 Å². The van der Waals surface area contributed by atoms with Gasteiger partial charge < -0.3 is 11.1 Å². The third-order valence-corrected chi connectivity index (χ3v) is 3.68. The van der Waals surface area contributed by atoms with E-state index in [0.717, 1.165) is 0 Å². The maximum Gasteiger partial charge on any atom is 0.266 e. The molecule has 94 valence electrons. The number of amides is 1. The topological polar surface area (TPSA) is 72.9 Å². The number of aromatic nitrogens is 2. The fraction of sp³-hybridized carbons (Fsp3) is 0.100. The molecule has 2 aromatic heterocycles. The van der Waals surface area contributed by atoms with Gasteiger partial charge in [0.2, 0.25) is 0 Å². The molecule has 0 aliphatic rings. The lowest BCUT2D eigenvalue weighted by atomic mass is 10.3. The minimum atomic E-state index is -0.270. The molecule has 3 N–H and O–H groups in total. The molecule has 0 aliphatic carbocycles. The van der Waals surface area contributed by atoms with Crippen LogP contribution in [-0.4, -0.2) is 20.7 Å². The number of nitrogens with zero attached hydrogens (tertiary/aromatic N) is 2. The van der Waals surface area contributed by atoms with Gasteiger partial charge in [0.15, 0.2) is 0 Å². The number of thiophene rings is 1. The highest BCUT2D eigenvalue weighted by Crippen LogP contribution is 2.23. The molecular weight excluding hydrogens is 292 g/mol. The van der Waals surface area contributed by atoms with Crippen molar-refractivity contribution in [1.82, 2.24) is 9.78 Å². The van der Waals surface area contributed by atoms with Crippen molar-refractivity contribution >= 4 is 51.9 Å². The molecule has 0 unspecified atom stereocenters. The molecular formula is C10H9ClN4OS2. The second-order valence-corrected chi connectivity index (χ2v) is 5.61. The van der Waals surface area contributed by atoms with E-state index >= 15 is 0 Å². The average Bonchev–Trinajstić information content (AvgIpc) is 2.87. The third kappa shape index (κ3) is 2.53. The van der Waals surface area contributed by atoms with Crippen LogP contribution in [0.4, 0.5) is 5.82 Å².